The molecule has 180 valence electrons. The van der Waals surface area contributed by atoms with E-state index in [1.807, 2.05) is 0 Å². The van der Waals surface area contributed by atoms with Gasteiger partial charge in [-0.15, -0.1) is 0 Å². The van der Waals surface area contributed by atoms with E-state index in [-0.39, 0.29) is 32.9 Å². The second kappa shape index (κ2) is 10.7. The minimum Gasteiger partial charge on any atom is -0.351 e. The van der Waals surface area contributed by atoms with Gasteiger partial charge in [0.15, 0.2) is 0 Å². The van der Waals surface area contributed by atoms with Crippen molar-refractivity contribution in [2.75, 3.05) is 26.2 Å². The van der Waals surface area contributed by atoms with E-state index < -0.39 is 32.5 Å². The van der Waals surface area contributed by atoms with Crippen LogP contribution in [-0.4, -0.2) is 57.5 Å². The molecule has 0 unspecified atom stereocenters. The maximum atomic E-state index is 12.9. The number of halogens is 2. The molecule has 0 bridgehead atoms. The van der Waals surface area contributed by atoms with E-state index in [0.29, 0.717) is 18.7 Å². The highest BCUT2D eigenvalue weighted by molar-refractivity contribution is 7.89. The lowest BCUT2D eigenvalue weighted by molar-refractivity contribution is -0.121. The molecule has 1 amide bonds. The second-order valence-electron chi connectivity index (χ2n) is 7.54. The molecule has 1 saturated heterocycles. The number of hydrogen-bond acceptors (Lipinski definition) is 5. The van der Waals surface area contributed by atoms with Gasteiger partial charge < -0.3 is 5.32 Å². The van der Waals surface area contributed by atoms with Crippen molar-refractivity contribution in [2.24, 2.45) is 0 Å². The highest BCUT2D eigenvalue weighted by atomic mass is 35.5. The Bertz CT molecular complexity index is 1210. The van der Waals surface area contributed by atoms with E-state index in [9.17, 15) is 21.6 Å². The van der Waals surface area contributed by atoms with Crippen LogP contribution in [0.1, 0.15) is 25.3 Å². The van der Waals surface area contributed by atoms with Crippen molar-refractivity contribution in [3.05, 3.63) is 58.1 Å². The molecule has 1 aliphatic rings. The zero-order valence-corrected chi connectivity index (χ0v) is 21.1. The van der Waals surface area contributed by atoms with E-state index in [1.165, 1.54) is 34.6 Å². The van der Waals surface area contributed by atoms with E-state index >= 15 is 0 Å². The fourth-order valence-corrected chi connectivity index (χ4v) is 7.11. The van der Waals surface area contributed by atoms with Crippen LogP contribution in [0.25, 0.3) is 0 Å². The van der Waals surface area contributed by atoms with Gasteiger partial charge in [-0.2, -0.15) is 8.61 Å². The lowest BCUT2D eigenvalue weighted by Gasteiger charge is -2.21. The summed E-state index contributed by atoms with van der Waals surface area (Å²) in [5, 5.41) is 2.89. The van der Waals surface area contributed by atoms with Gasteiger partial charge in [-0.3, -0.25) is 4.79 Å². The second-order valence-corrected chi connectivity index (χ2v) is 12.2. The zero-order chi connectivity index (χ0) is 24.2. The molecule has 1 N–H and O–H groups in total. The molecule has 0 atom stereocenters. The number of carbonyl (C=O) groups excluding carboxylic acids is 1. The molecule has 2 aromatic rings. The predicted octanol–water partition coefficient (Wildman–Crippen LogP) is 3.10. The summed E-state index contributed by atoms with van der Waals surface area (Å²) in [5.41, 5.74) is 0.688. The standard InChI is InChI=1S/C21H25Cl2N3O5S2/c1-2-25(33(30,31)20-13-17(22)7-10-19(20)23)15-21(27)24-14-16-5-8-18(9-6-16)32(28,29)26-11-3-4-12-26/h5-10,13H,2-4,11-12,14-15H2,1H3,(H,24,27). The Hall–Kier alpha value is -1.69. The van der Waals surface area contributed by atoms with Crippen LogP contribution in [0.15, 0.2) is 52.3 Å². The molecule has 0 aliphatic carbocycles. The summed E-state index contributed by atoms with van der Waals surface area (Å²) < 4.78 is 53.5. The predicted molar refractivity (Wildman–Crippen MR) is 127 cm³/mol. The molecule has 0 spiro atoms. The van der Waals surface area contributed by atoms with Gasteiger partial charge in [0.1, 0.15) is 4.90 Å². The molecular formula is C21H25Cl2N3O5S2. The van der Waals surface area contributed by atoms with Crippen molar-refractivity contribution < 1.29 is 21.6 Å². The van der Waals surface area contributed by atoms with Crippen LogP contribution in [0, 0.1) is 0 Å². The van der Waals surface area contributed by atoms with Crippen LogP contribution in [-0.2, 0) is 31.4 Å². The molecule has 0 saturated carbocycles. The first-order chi connectivity index (χ1) is 15.6. The summed E-state index contributed by atoms with van der Waals surface area (Å²) in [7, 11) is -7.53. The smallest absolute Gasteiger partial charge is 0.245 e. The maximum absolute atomic E-state index is 12.9. The normalized spacial score (nSPS) is 15.2. The Balaban J connectivity index is 1.62. The topological polar surface area (TPSA) is 104 Å². The highest BCUT2D eigenvalue weighted by Crippen LogP contribution is 2.27. The van der Waals surface area contributed by atoms with Gasteiger partial charge >= 0.3 is 0 Å². The highest BCUT2D eigenvalue weighted by Gasteiger charge is 2.28. The number of carbonyl (C=O) groups is 1. The molecule has 12 heteroatoms. The van der Waals surface area contributed by atoms with Gasteiger partial charge in [0.05, 0.1) is 16.5 Å². The monoisotopic (exact) mass is 533 g/mol. The fourth-order valence-electron chi connectivity index (χ4n) is 3.45. The number of benzene rings is 2. The Labute approximate surface area is 204 Å². The summed E-state index contributed by atoms with van der Waals surface area (Å²) in [5.74, 6) is -0.507. The van der Waals surface area contributed by atoms with Crippen LogP contribution in [0.3, 0.4) is 0 Å². The third kappa shape index (κ3) is 6.06. The quantitative estimate of drug-likeness (QED) is 0.533. The van der Waals surface area contributed by atoms with Crippen molar-refractivity contribution >= 4 is 49.2 Å². The Morgan fingerprint density at radius 2 is 1.67 bits per heavy atom. The first-order valence-electron chi connectivity index (χ1n) is 10.4. The van der Waals surface area contributed by atoms with Crippen LogP contribution in [0.2, 0.25) is 10.0 Å². The molecular weight excluding hydrogens is 509 g/mol. The largest absolute Gasteiger partial charge is 0.351 e. The molecule has 1 aliphatic heterocycles. The number of sulfonamides is 2. The minimum atomic E-state index is -4.03. The molecule has 1 fully saturated rings. The molecule has 0 radical (unpaired) electrons. The van der Waals surface area contributed by atoms with Gasteiger partial charge in [0.25, 0.3) is 0 Å². The van der Waals surface area contributed by atoms with Crippen molar-refractivity contribution in [1.29, 1.82) is 0 Å². The van der Waals surface area contributed by atoms with Gasteiger partial charge in [0, 0.05) is 31.2 Å². The Morgan fingerprint density at radius 3 is 2.27 bits per heavy atom. The van der Waals surface area contributed by atoms with Crippen molar-refractivity contribution in [1.82, 2.24) is 13.9 Å². The number of hydrogen-bond donors (Lipinski definition) is 1. The molecule has 2 aromatic carbocycles. The molecule has 3 rings (SSSR count). The molecule has 1 heterocycles. The minimum absolute atomic E-state index is 0.0160. The van der Waals surface area contributed by atoms with Gasteiger partial charge in [-0.25, -0.2) is 16.8 Å². The van der Waals surface area contributed by atoms with Gasteiger partial charge in [0.2, 0.25) is 26.0 Å². The molecule has 0 aromatic heterocycles. The van der Waals surface area contributed by atoms with E-state index in [4.69, 9.17) is 23.2 Å². The van der Waals surface area contributed by atoms with Crippen molar-refractivity contribution in [3.8, 4) is 0 Å². The van der Waals surface area contributed by atoms with Crippen LogP contribution in [0.4, 0.5) is 0 Å². The maximum Gasteiger partial charge on any atom is 0.245 e. The molecule has 33 heavy (non-hydrogen) atoms. The number of likely N-dealkylation sites (N-methyl/N-ethyl adjacent to an activating group) is 1. The number of amides is 1. The third-order valence-corrected chi connectivity index (χ3v) is 9.85. The number of nitrogens with zero attached hydrogens (tertiary/aromatic N) is 2. The zero-order valence-electron chi connectivity index (χ0n) is 18.0. The average Bonchev–Trinajstić information content (AvgIpc) is 3.33. The van der Waals surface area contributed by atoms with E-state index in [2.05, 4.69) is 5.32 Å². The first kappa shape index (κ1) is 25.9. The van der Waals surface area contributed by atoms with Gasteiger partial charge in [-0.05, 0) is 48.7 Å². The average molecular weight is 534 g/mol. The summed E-state index contributed by atoms with van der Waals surface area (Å²) >= 11 is 11.9. The third-order valence-electron chi connectivity index (χ3n) is 5.30. The lowest BCUT2D eigenvalue weighted by Crippen LogP contribution is -2.40. The lowest BCUT2D eigenvalue weighted by atomic mass is 10.2. The summed E-state index contributed by atoms with van der Waals surface area (Å²) in [6, 6.07) is 10.4. The van der Waals surface area contributed by atoms with Crippen LogP contribution in [0.5, 0.6) is 0 Å². The Kier molecular flexibility index (Phi) is 8.41. The molecule has 8 nitrogen and oxygen atoms in total. The number of rotatable bonds is 9. The van der Waals surface area contributed by atoms with Crippen LogP contribution < -0.4 is 5.32 Å². The summed E-state index contributed by atoms with van der Waals surface area (Å²) in [4.78, 5) is 12.5. The SMILES string of the molecule is CCN(CC(=O)NCc1ccc(S(=O)(=O)N2CCCC2)cc1)S(=O)(=O)c1cc(Cl)ccc1Cl. The van der Waals surface area contributed by atoms with E-state index in [1.54, 1.807) is 19.1 Å². The summed E-state index contributed by atoms with van der Waals surface area (Å²) in [6.07, 6.45) is 1.72. The van der Waals surface area contributed by atoms with E-state index in [0.717, 1.165) is 17.1 Å². The van der Waals surface area contributed by atoms with Crippen LogP contribution >= 0.6 is 23.2 Å². The first-order valence-corrected chi connectivity index (χ1v) is 14.0. The fraction of sp³-hybridized carbons (Fsp3) is 0.381. The number of nitrogens with one attached hydrogen (secondary N) is 1. The Morgan fingerprint density at radius 1 is 1.03 bits per heavy atom. The van der Waals surface area contributed by atoms with Crippen molar-refractivity contribution in [3.63, 3.8) is 0 Å². The van der Waals surface area contributed by atoms with Gasteiger partial charge in [-0.1, -0.05) is 42.3 Å². The van der Waals surface area contributed by atoms with Crippen molar-refractivity contribution in [2.45, 2.75) is 36.1 Å². The summed E-state index contributed by atoms with van der Waals surface area (Å²) in [6.45, 7) is 2.45.